The Morgan fingerprint density at radius 2 is 1.93 bits per heavy atom. The first-order chi connectivity index (χ1) is 19.2. The number of aromatic carboxylic acids is 1. The van der Waals surface area contributed by atoms with Gasteiger partial charge in [0.2, 0.25) is 5.43 Å². The predicted octanol–water partition coefficient (Wildman–Crippen LogP) is 4.26. The molecule has 40 heavy (non-hydrogen) atoms. The molecule has 3 N–H and O–H groups in total. The van der Waals surface area contributed by atoms with E-state index in [0.29, 0.717) is 57.8 Å². The Kier molecular flexibility index (Phi) is 6.14. The van der Waals surface area contributed by atoms with Gasteiger partial charge in [-0.2, -0.15) is 0 Å². The smallest absolute Gasteiger partial charge is 0.341 e. The second kappa shape index (κ2) is 9.56. The van der Waals surface area contributed by atoms with Crippen LogP contribution in [0.15, 0.2) is 35.5 Å². The van der Waals surface area contributed by atoms with Crippen molar-refractivity contribution in [3.05, 3.63) is 58.1 Å². The van der Waals surface area contributed by atoms with E-state index >= 15 is 4.39 Å². The molecule has 0 radical (unpaired) electrons. The van der Waals surface area contributed by atoms with Crippen LogP contribution in [-0.2, 0) is 11.8 Å². The summed E-state index contributed by atoms with van der Waals surface area (Å²) in [6, 6.07) is 2.68. The molecule has 5 heterocycles. The summed E-state index contributed by atoms with van der Waals surface area (Å²) in [7, 11) is 4.90. The summed E-state index contributed by atoms with van der Waals surface area (Å²) in [5, 5.41) is 13.1. The molecule has 0 saturated carbocycles. The zero-order chi connectivity index (χ0) is 28.3. The minimum absolute atomic E-state index is 0.0652. The maximum Gasteiger partial charge on any atom is 0.341 e. The molecule has 0 bridgehead atoms. The van der Waals surface area contributed by atoms with Gasteiger partial charge in [-0.1, -0.05) is 0 Å². The number of methoxy groups -OCH3 is 1. The Morgan fingerprint density at radius 3 is 2.60 bits per heavy atom. The molecule has 1 aliphatic rings. The van der Waals surface area contributed by atoms with Gasteiger partial charge < -0.3 is 29.6 Å². The number of H-pyrrole nitrogens is 1. The maximum absolute atomic E-state index is 15.5. The van der Waals surface area contributed by atoms with Crippen molar-refractivity contribution in [1.29, 1.82) is 0 Å². The third kappa shape index (κ3) is 3.86. The third-order valence-electron chi connectivity index (χ3n) is 7.68. The lowest BCUT2D eigenvalue weighted by molar-refractivity contribution is 0.0694. The molecular weight excluding hydrogens is 522 g/mol. The molecule has 1 fully saturated rings. The highest BCUT2D eigenvalue weighted by Gasteiger charge is 2.28. The fraction of sp³-hybridized carbons (Fsp3) is 0.286. The number of hydrogen-bond acceptors (Lipinski definition) is 7. The number of carboxylic acid groups (broad SMARTS) is 1. The van der Waals surface area contributed by atoms with Crippen LogP contribution in [0.4, 0.5) is 20.2 Å². The fourth-order valence-corrected chi connectivity index (χ4v) is 5.66. The molecule has 0 atom stereocenters. The van der Waals surface area contributed by atoms with E-state index in [-0.39, 0.29) is 22.4 Å². The van der Waals surface area contributed by atoms with Crippen molar-refractivity contribution in [3.8, 4) is 11.1 Å². The van der Waals surface area contributed by atoms with Crippen LogP contribution in [0.1, 0.15) is 23.2 Å². The zero-order valence-corrected chi connectivity index (χ0v) is 22.0. The Morgan fingerprint density at radius 1 is 1.18 bits per heavy atom. The van der Waals surface area contributed by atoms with Crippen molar-refractivity contribution in [2.45, 2.75) is 18.9 Å². The summed E-state index contributed by atoms with van der Waals surface area (Å²) in [6.45, 7) is 1.16. The number of rotatable bonds is 5. The lowest BCUT2D eigenvalue weighted by atomic mass is 9.98. The van der Waals surface area contributed by atoms with Gasteiger partial charge >= 0.3 is 5.97 Å². The number of pyridine rings is 3. The van der Waals surface area contributed by atoms with Crippen molar-refractivity contribution >= 4 is 50.3 Å². The largest absolute Gasteiger partial charge is 0.477 e. The van der Waals surface area contributed by atoms with Gasteiger partial charge in [0.25, 0.3) is 0 Å². The van der Waals surface area contributed by atoms with Gasteiger partial charge in [0.1, 0.15) is 16.9 Å². The molecule has 10 nitrogen and oxygen atoms in total. The molecule has 0 aliphatic carbocycles. The standard InChI is InChI=1S/C28H26F2N6O4/c1-31-19-9-18(29)22(30)20-21-24(36-6-4-14(40-3)5-7-36)16(11-32-26(21)34-23(19)20)13-8-15-25(37)17(28(38)39)12-35(2)27(15)33-10-13/h8-12,14,31H,4-7H2,1-3H3,(H,32,34)(H,38,39). The minimum Gasteiger partial charge on any atom is -0.477 e. The van der Waals surface area contributed by atoms with Crippen LogP contribution >= 0.6 is 0 Å². The Labute approximate surface area is 226 Å². The van der Waals surface area contributed by atoms with E-state index in [2.05, 4.69) is 25.2 Å². The molecule has 1 saturated heterocycles. The molecule has 12 heteroatoms. The lowest BCUT2D eigenvalue weighted by Gasteiger charge is -2.34. The van der Waals surface area contributed by atoms with E-state index in [9.17, 15) is 19.1 Å². The third-order valence-corrected chi connectivity index (χ3v) is 7.68. The van der Waals surface area contributed by atoms with Crippen molar-refractivity contribution in [3.63, 3.8) is 0 Å². The summed E-state index contributed by atoms with van der Waals surface area (Å²) in [4.78, 5) is 39.0. The Bertz CT molecular complexity index is 1890. The molecule has 5 aromatic rings. The Hall–Kier alpha value is -4.58. The number of piperidine rings is 1. The van der Waals surface area contributed by atoms with Crippen LogP contribution in [0.5, 0.6) is 0 Å². The van der Waals surface area contributed by atoms with Gasteiger partial charge in [-0.3, -0.25) is 4.79 Å². The quantitative estimate of drug-likeness (QED) is 0.298. The van der Waals surface area contributed by atoms with E-state index in [4.69, 9.17) is 4.74 Å². The number of nitrogens with one attached hydrogen (secondary N) is 2. The monoisotopic (exact) mass is 548 g/mol. The van der Waals surface area contributed by atoms with Gasteiger partial charge in [0.05, 0.1) is 39.2 Å². The lowest BCUT2D eigenvalue weighted by Crippen LogP contribution is -2.37. The zero-order valence-electron chi connectivity index (χ0n) is 22.0. The topological polar surface area (TPSA) is 125 Å². The highest BCUT2D eigenvalue weighted by molar-refractivity contribution is 6.18. The van der Waals surface area contributed by atoms with E-state index in [1.54, 1.807) is 39.7 Å². The SMILES string of the molecule is CNc1cc(F)c(F)c2c1[nH]c1ncc(-c3cnc4c(c3)c(=O)c(C(=O)O)cn4C)c(N3CCC(OC)CC3)c12. The highest BCUT2D eigenvalue weighted by atomic mass is 19.2. The number of aromatic nitrogens is 4. The van der Waals surface area contributed by atoms with Gasteiger partial charge in [0, 0.05) is 70.1 Å². The average Bonchev–Trinajstić information content (AvgIpc) is 3.36. The van der Waals surface area contributed by atoms with Crippen molar-refractivity contribution in [2.75, 3.05) is 37.5 Å². The molecule has 1 aliphatic heterocycles. The number of aryl methyl sites for hydroxylation is 1. The number of nitrogens with zero attached hydrogens (tertiary/aromatic N) is 4. The fourth-order valence-electron chi connectivity index (χ4n) is 5.66. The molecule has 0 unspecified atom stereocenters. The summed E-state index contributed by atoms with van der Waals surface area (Å²) < 4.78 is 37.3. The van der Waals surface area contributed by atoms with Gasteiger partial charge in [-0.05, 0) is 18.9 Å². The summed E-state index contributed by atoms with van der Waals surface area (Å²) in [5.74, 6) is -3.33. The predicted molar refractivity (Wildman–Crippen MR) is 148 cm³/mol. The van der Waals surface area contributed by atoms with E-state index in [0.717, 1.165) is 18.9 Å². The summed E-state index contributed by atoms with van der Waals surface area (Å²) in [6.07, 6.45) is 5.93. The first-order valence-corrected chi connectivity index (χ1v) is 12.7. The molecule has 6 rings (SSSR count). The van der Waals surface area contributed by atoms with Crippen LogP contribution in [0.2, 0.25) is 0 Å². The van der Waals surface area contributed by atoms with Gasteiger partial charge in [0.15, 0.2) is 11.6 Å². The van der Waals surface area contributed by atoms with Gasteiger partial charge in [-0.15, -0.1) is 0 Å². The normalized spacial score (nSPS) is 14.5. The van der Waals surface area contributed by atoms with Crippen LogP contribution in [0, 0.1) is 11.6 Å². The summed E-state index contributed by atoms with van der Waals surface area (Å²) >= 11 is 0. The number of fused-ring (bicyclic) bond motifs is 4. The maximum atomic E-state index is 15.5. The number of carbonyl (C=O) groups is 1. The number of halogens is 2. The van der Waals surface area contributed by atoms with Crippen molar-refractivity contribution < 1.29 is 23.4 Å². The number of carboxylic acids is 1. The van der Waals surface area contributed by atoms with Crippen molar-refractivity contribution in [1.82, 2.24) is 19.5 Å². The number of hydrogen-bond donors (Lipinski definition) is 3. The second-order valence-corrected chi connectivity index (χ2v) is 9.89. The number of ether oxygens (including phenoxy) is 1. The number of aromatic amines is 1. The Balaban J connectivity index is 1.68. The molecule has 4 aromatic heterocycles. The first kappa shape index (κ1) is 25.7. The molecule has 0 spiro atoms. The van der Waals surface area contributed by atoms with Crippen LogP contribution < -0.4 is 15.6 Å². The molecule has 1 aromatic carbocycles. The summed E-state index contributed by atoms with van der Waals surface area (Å²) in [5.41, 5.74) is 2.07. The molecular formula is C28H26F2N6O4. The van der Waals surface area contributed by atoms with E-state index in [1.807, 2.05) is 0 Å². The van der Waals surface area contributed by atoms with E-state index < -0.39 is 23.0 Å². The average molecular weight is 549 g/mol. The number of benzene rings is 1. The second-order valence-electron chi connectivity index (χ2n) is 9.89. The molecule has 206 valence electrons. The molecule has 0 amide bonds. The van der Waals surface area contributed by atoms with Gasteiger partial charge in [-0.25, -0.2) is 23.5 Å². The van der Waals surface area contributed by atoms with Crippen LogP contribution in [-0.4, -0.2) is 63.9 Å². The van der Waals surface area contributed by atoms with E-state index in [1.165, 1.54) is 10.8 Å². The number of anilines is 2. The van der Waals surface area contributed by atoms with Crippen LogP contribution in [0.3, 0.4) is 0 Å². The highest BCUT2D eigenvalue weighted by Crippen LogP contribution is 2.44. The van der Waals surface area contributed by atoms with Crippen LogP contribution in [0.25, 0.3) is 44.1 Å². The minimum atomic E-state index is -1.34. The first-order valence-electron chi connectivity index (χ1n) is 12.7. The van der Waals surface area contributed by atoms with Crippen molar-refractivity contribution in [2.24, 2.45) is 7.05 Å².